The van der Waals surface area contributed by atoms with Crippen LogP contribution in [0.1, 0.15) is 44.2 Å². The summed E-state index contributed by atoms with van der Waals surface area (Å²) in [5.74, 6) is 7.06. The number of hydrogen-bond acceptors (Lipinski definition) is 8. The molecule has 2 rings (SSSR count). The zero-order valence-corrected chi connectivity index (χ0v) is 19.3. The van der Waals surface area contributed by atoms with E-state index in [1.54, 1.807) is 44.4 Å². The summed E-state index contributed by atoms with van der Waals surface area (Å²) in [6.45, 7) is 4.87. The van der Waals surface area contributed by atoms with Gasteiger partial charge in [0, 0.05) is 25.2 Å². The Morgan fingerprint density at radius 1 is 1.24 bits per heavy atom. The second-order valence-electron chi connectivity index (χ2n) is 7.40. The van der Waals surface area contributed by atoms with Gasteiger partial charge in [-0.25, -0.2) is 4.98 Å². The van der Waals surface area contributed by atoms with Gasteiger partial charge in [-0.1, -0.05) is 18.8 Å². The second kappa shape index (κ2) is 13.7. The summed E-state index contributed by atoms with van der Waals surface area (Å²) >= 11 is 0. The predicted octanol–water partition coefficient (Wildman–Crippen LogP) is 2.13. The highest BCUT2D eigenvalue weighted by molar-refractivity contribution is 5.82. The van der Waals surface area contributed by atoms with E-state index in [2.05, 4.69) is 56.1 Å². The van der Waals surface area contributed by atoms with Gasteiger partial charge >= 0.3 is 0 Å². The third-order valence-corrected chi connectivity index (χ3v) is 4.68. The van der Waals surface area contributed by atoms with Gasteiger partial charge in [-0.05, 0) is 51.1 Å². The van der Waals surface area contributed by atoms with Gasteiger partial charge in [0.1, 0.15) is 11.9 Å². The maximum atomic E-state index is 12.0. The van der Waals surface area contributed by atoms with E-state index in [0.29, 0.717) is 42.3 Å². The van der Waals surface area contributed by atoms with Gasteiger partial charge in [0.2, 0.25) is 11.9 Å². The smallest absolute Gasteiger partial charge is 0.239 e. The zero-order chi connectivity index (χ0) is 24.1. The van der Waals surface area contributed by atoms with Gasteiger partial charge < -0.3 is 26.4 Å². The van der Waals surface area contributed by atoms with Crippen LogP contribution in [0.4, 0.5) is 17.5 Å². The van der Waals surface area contributed by atoms with Crippen LogP contribution < -0.4 is 21.3 Å². The van der Waals surface area contributed by atoms with Crippen LogP contribution in [-0.2, 0) is 4.79 Å². The monoisotopic (exact) mass is 449 g/mol. The molecule has 0 aliphatic carbocycles. The lowest BCUT2D eigenvalue weighted by Crippen LogP contribution is -2.49. The number of likely N-dealkylation sites (N-methyl/N-ethyl adjacent to an activating group) is 1. The first kappa shape index (κ1) is 25.6. The average molecular weight is 450 g/mol. The van der Waals surface area contributed by atoms with E-state index in [-0.39, 0.29) is 5.91 Å². The van der Waals surface area contributed by atoms with E-state index in [0.717, 1.165) is 18.7 Å². The van der Waals surface area contributed by atoms with E-state index >= 15 is 0 Å². The molecule has 0 saturated heterocycles. The average Bonchev–Trinajstić information content (AvgIpc) is 2.81. The van der Waals surface area contributed by atoms with Crippen LogP contribution >= 0.6 is 0 Å². The number of anilines is 3. The largest absolute Gasteiger partial charge is 0.391 e. The Kier molecular flexibility index (Phi) is 10.6. The van der Waals surface area contributed by atoms with Crippen molar-refractivity contribution in [3.8, 4) is 17.9 Å². The van der Waals surface area contributed by atoms with Crippen molar-refractivity contribution >= 4 is 23.4 Å². The number of carbonyl (C=O) groups is 1. The molecule has 0 aliphatic rings. The van der Waals surface area contributed by atoms with Gasteiger partial charge in [-0.2, -0.15) is 10.2 Å². The van der Waals surface area contributed by atoms with Crippen LogP contribution in [0.2, 0.25) is 0 Å². The fraction of sp³-hybridized carbons (Fsp3) is 0.417. The van der Waals surface area contributed by atoms with E-state index in [4.69, 9.17) is 5.26 Å². The Balaban J connectivity index is 1.96. The Bertz CT molecular complexity index is 1000. The summed E-state index contributed by atoms with van der Waals surface area (Å²) in [5.41, 5.74) is 2.07. The van der Waals surface area contributed by atoms with E-state index < -0.39 is 12.1 Å². The molecule has 9 nitrogen and oxygen atoms in total. The fourth-order valence-corrected chi connectivity index (χ4v) is 2.92. The Labute approximate surface area is 195 Å². The van der Waals surface area contributed by atoms with Crippen molar-refractivity contribution in [2.75, 3.05) is 30.8 Å². The van der Waals surface area contributed by atoms with Crippen molar-refractivity contribution in [1.82, 2.24) is 20.6 Å². The highest BCUT2D eigenvalue weighted by Gasteiger charge is 2.20. The number of aliphatic hydroxyl groups excluding tert-OH is 1. The minimum absolute atomic E-state index is 0.231. The Morgan fingerprint density at radius 3 is 2.64 bits per heavy atom. The number of carbonyl (C=O) groups excluding carboxylic acids is 1. The number of aliphatic hydroxyl groups is 1. The molecule has 1 heterocycles. The molecular formula is C24H31N7O2. The van der Waals surface area contributed by atoms with E-state index in [9.17, 15) is 9.90 Å². The van der Waals surface area contributed by atoms with Crippen molar-refractivity contribution in [2.45, 2.75) is 45.3 Å². The maximum absolute atomic E-state index is 12.0. The Hall–Kier alpha value is -3.66. The molecule has 2 atom stereocenters. The highest BCUT2D eigenvalue weighted by Crippen LogP contribution is 2.17. The number of amides is 1. The summed E-state index contributed by atoms with van der Waals surface area (Å²) in [5, 5.41) is 30.5. The lowest BCUT2D eigenvalue weighted by atomic mass is 10.1. The summed E-state index contributed by atoms with van der Waals surface area (Å²) in [7, 11) is 1.64. The van der Waals surface area contributed by atoms with E-state index in [1.807, 2.05) is 0 Å². The standard InChI is InChI=1S/C24H31N7O2/c1-4-13-27-22-19(8-6-5-7-14-28-23(33)21(26-3)17(2)32)16-29-24(31-22)30-20-11-9-18(15-25)10-12-20/h9-12,16-17,21,26,32H,4-5,7,13-14H2,1-3H3,(H,28,33)(H2,27,29,30,31)/t17-,21+/m1/s1. The maximum Gasteiger partial charge on any atom is 0.239 e. The van der Waals surface area contributed by atoms with Gasteiger partial charge in [-0.3, -0.25) is 4.79 Å². The summed E-state index contributed by atoms with van der Waals surface area (Å²) in [6.07, 6.45) is 3.13. The number of nitrogens with one attached hydrogen (secondary N) is 4. The van der Waals surface area contributed by atoms with Crippen LogP contribution in [0.5, 0.6) is 0 Å². The summed E-state index contributed by atoms with van der Waals surface area (Å²) in [6, 6.07) is 8.51. The third kappa shape index (κ3) is 8.41. The topological polar surface area (TPSA) is 135 Å². The quantitative estimate of drug-likeness (QED) is 0.260. The van der Waals surface area contributed by atoms with Crippen LogP contribution in [0.15, 0.2) is 30.5 Å². The lowest BCUT2D eigenvalue weighted by Gasteiger charge is -2.18. The highest BCUT2D eigenvalue weighted by atomic mass is 16.3. The molecular weight excluding hydrogens is 418 g/mol. The number of rotatable bonds is 11. The SMILES string of the molecule is CCCNc1nc(Nc2ccc(C#N)cc2)ncc1C#CCCCNC(=O)[C@@H](NC)[C@@H](C)O. The molecule has 9 heteroatoms. The first-order valence-electron chi connectivity index (χ1n) is 11.0. The second-order valence-corrected chi connectivity index (χ2v) is 7.40. The Morgan fingerprint density at radius 2 is 2.00 bits per heavy atom. The number of aromatic nitrogens is 2. The van der Waals surface area contributed by atoms with Gasteiger partial charge in [-0.15, -0.1) is 0 Å². The lowest BCUT2D eigenvalue weighted by molar-refractivity contribution is -0.125. The number of nitriles is 1. The zero-order valence-electron chi connectivity index (χ0n) is 19.3. The molecule has 0 bridgehead atoms. The van der Waals surface area contributed by atoms with Crippen LogP contribution in [0, 0.1) is 23.2 Å². The van der Waals surface area contributed by atoms with Gasteiger partial charge in [0.15, 0.2) is 0 Å². The van der Waals surface area contributed by atoms with Crippen molar-refractivity contribution in [1.29, 1.82) is 5.26 Å². The minimum atomic E-state index is -0.766. The summed E-state index contributed by atoms with van der Waals surface area (Å²) in [4.78, 5) is 20.9. The fourth-order valence-electron chi connectivity index (χ4n) is 2.92. The molecule has 0 aliphatic heterocycles. The molecule has 1 aromatic carbocycles. The van der Waals surface area contributed by atoms with Crippen molar-refractivity contribution in [2.24, 2.45) is 0 Å². The van der Waals surface area contributed by atoms with Crippen LogP contribution in [0.25, 0.3) is 0 Å². The molecule has 0 radical (unpaired) electrons. The van der Waals surface area contributed by atoms with Crippen molar-refractivity contribution in [3.05, 3.63) is 41.6 Å². The molecule has 0 spiro atoms. The molecule has 0 saturated carbocycles. The van der Waals surface area contributed by atoms with Crippen molar-refractivity contribution < 1.29 is 9.90 Å². The van der Waals surface area contributed by atoms with Crippen LogP contribution in [0.3, 0.4) is 0 Å². The normalized spacial score (nSPS) is 12.0. The van der Waals surface area contributed by atoms with Gasteiger partial charge in [0.25, 0.3) is 0 Å². The predicted molar refractivity (Wildman–Crippen MR) is 129 cm³/mol. The molecule has 0 fully saturated rings. The number of benzene rings is 1. The number of unbranched alkanes of at least 4 members (excludes halogenated alkanes) is 1. The number of hydrogen-bond donors (Lipinski definition) is 5. The molecule has 174 valence electrons. The molecule has 5 N–H and O–H groups in total. The number of nitrogens with zero attached hydrogens (tertiary/aromatic N) is 3. The van der Waals surface area contributed by atoms with E-state index in [1.165, 1.54) is 0 Å². The third-order valence-electron chi connectivity index (χ3n) is 4.68. The summed E-state index contributed by atoms with van der Waals surface area (Å²) < 4.78 is 0. The minimum Gasteiger partial charge on any atom is -0.391 e. The van der Waals surface area contributed by atoms with Gasteiger partial charge in [0.05, 0.1) is 29.5 Å². The first-order chi connectivity index (χ1) is 16.0. The molecule has 1 amide bonds. The van der Waals surface area contributed by atoms with Crippen molar-refractivity contribution in [3.63, 3.8) is 0 Å². The molecule has 2 aromatic rings. The van der Waals surface area contributed by atoms with Crippen LogP contribution in [-0.4, -0.2) is 53.3 Å². The molecule has 0 unspecified atom stereocenters. The first-order valence-corrected chi connectivity index (χ1v) is 11.0. The molecule has 1 aromatic heterocycles. The molecule has 33 heavy (non-hydrogen) atoms.